The highest BCUT2D eigenvalue weighted by atomic mass is 19.1. The van der Waals surface area contributed by atoms with E-state index in [0.29, 0.717) is 0 Å². The van der Waals surface area contributed by atoms with Gasteiger partial charge in [-0.1, -0.05) is 12.1 Å². The lowest BCUT2D eigenvalue weighted by Crippen LogP contribution is -2.11. The number of rotatable bonds is 3. The van der Waals surface area contributed by atoms with E-state index < -0.39 is 11.8 Å². The number of aromatic carboxylic acids is 1. The first-order valence-corrected chi connectivity index (χ1v) is 4.76. The maximum Gasteiger partial charge on any atom is 0.374 e. The van der Waals surface area contributed by atoms with Crippen LogP contribution in [-0.4, -0.2) is 32.9 Å². The number of halogens is 1. The van der Waals surface area contributed by atoms with Gasteiger partial charge in [0.05, 0.1) is 5.69 Å². The molecule has 0 saturated carbocycles. The van der Waals surface area contributed by atoms with E-state index in [-0.39, 0.29) is 17.5 Å². The summed E-state index contributed by atoms with van der Waals surface area (Å²) in [5.74, 6) is -2.01. The summed E-state index contributed by atoms with van der Waals surface area (Å²) in [5.41, 5.74) is 0.0826. The van der Waals surface area contributed by atoms with Crippen LogP contribution in [0, 0.1) is 5.82 Å². The topological polar surface area (TPSA) is 80.0 Å². The van der Waals surface area contributed by atoms with Crippen molar-refractivity contribution < 1.29 is 14.3 Å². The third-order valence-electron chi connectivity index (χ3n) is 2.17. The highest BCUT2D eigenvalue weighted by Gasteiger charge is 2.20. The van der Waals surface area contributed by atoms with Gasteiger partial charge in [0.1, 0.15) is 5.82 Å². The Morgan fingerprint density at radius 3 is 2.71 bits per heavy atom. The van der Waals surface area contributed by atoms with E-state index in [1.165, 1.54) is 18.2 Å². The minimum atomic E-state index is -1.28. The molecule has 0 aliphatic carbocycles. The van der Waals surface area contributed by atoms with Gasteiger partial charge in [-0.05, 0) is 12.1 Å². The van der Waals surface area contributed by atoms with Gasteiger partial charge in [0.2, 0.25) is 11.8 Å². The predicted octanol–water partition coefficient (Wildman–Crippen LogP) is 1.15. The molecular formula is C10H9FN4O2. The highest BCUT2D eigenvalue weighted by Crippen LogP contribution is 2.19. The standard InChI is InChI=1S/C10H9FN4O2/c1-12-10-14-13-8(9(16)17)15(10)7-5-3-2-4-6(7)11/h2-5H,1H3,(H,12,14)(H,16,17). The molecule has 1 aromatic heterocycles. The summed E-state index contributed by atoms with van der Waals surface area (Å²) in [6.07, 6.45) is 0. The number of hydrogen-bond donors (Lipinski definition) is 2. The number of anilines is 1. The second-order valence-corrected chi connectivity index (χ2v) is 3.19. The molecule has 0 unspecified atom stereocenters. The van der Waals surface area contributed by atoms with Crippen LogP contribution >= 0.6 is 0 Å². The molecule has 0 aliphatic rings. The Balaban J connectivity index is 2.69. The van der Waals surface area contributed by atoms with Crippen molar-refractivity contribution in [2.75, 3.05) is 12.4 Å². The fraction of sp³-hybridized carbons (Fsp3) is 0.100. The summed E-state index contributed by atoms with van der Waals surface area (Å²) >= 11 is 0. The number of para-hydroxylation sites is 1. The van der Waals surface area contributed by atoms with Gasteiger partial charge in [0, 0.05) is 7.05 Å². The van der Waals surface area contributed by atoms with Crippen molar-refractivity contribution in [1.82, 2.24) is 14.8 Å². The average molecular weight is 236 g/mol. The van der Waals surface area contributed by atoms with Crippen molar-refractivity contribution in [2.24, 2.45) is 0 Å². The lowest BCUT2D eigenvalue weighted by Gasteiger charge is -2.08. The molecule has 88 valence electrons. The van der Waals surface area contributed by atoms with E-state index in [9.17, 15) is 9.18 Å². The van der Waals surface area contributed by atoms with Crippen LogP contribution < -0.4 is 5.32 Å². The maximum absolute atomic E-state index is 13.6. The SMILES string of the molecule is CNc1nnc(C(=O)O)n1-c1ccccc1F. The van der Waals surface area contributed by atoms with Crippen molar-refractivity contribution in [3.63, 3.8) is 0 Å². The highest BCUT2D eigenvalue weighted by molar-refractivity contribution is 5.85. The van der Waals surface area contributed by atoms with E-state index in [0.717, 1.165) is 4.57 Å². The molecule has 1 heterocycles. The van der Waals surface area contributed by atoms with Crippen LogP contribution in [0.25, 0.3) is 5.69 Å². The predicted molar refractivity (Wildman–Crippen MR) is 57.8 cm³/mol. The molecule has 7 heteroatoms. The third-order valence-corrected chi connectivity index (χ3v) is 2.17. The summed E-state index contributed by atoms with van der Waals surface area (Å²) in [4.78, 5) is 11.0. The molecular weight excluding hydrogens is 227 g/mol. The van der Waals surface area contributed by atoms with E-state index in [4.69, 9.17) is 5.11 Å². The summed E-state index contributed by atoms with van der Waals surface area (Å²) in [6, 6.07) is 5.80. The molecule has 0 bridgehead atoms. The van der Waals surface area contributed by atoms with E-state index in [2.05, 4.69) is 15.5 Å². The zero-order valence-electron chi connectivity index (χ0n) is 8.88. The fourth-order valence-electron chi connectivity index (χ4n) is 1.45. The third kappa shape index (κ3) is 1.82. The molecule has 2 aromatic rings. The molecule has 0 spiro atoms. The molecule has 0 saturated heterocycles. The van der Waals surface area contributed by atoms with Gasteiger partial charge < -0.3 is 10.4 Å². The smallest absolute Gasteiger partial charge is 0.374 e. The first-order chi connectivity index (χ1) is 8.15. The lowest BCUT2D eigenvalue weighted by atomic mass is 10.3. The zero-order valence-corrected chi connectivity index (χ0v) is 8.88. The van der Waals surface area contributed by atoms with Gasteiger partial charge >= 0.3 is 5.97 Å². The number of nitrogens with one attached hydrogen (secondary N) is 1. The molecule has 2 rings (SSSR count). The Hall–Kier alpha value is -2.44. The quantitative estimate of drug-likeness (QED) is 0.835. The Morgan fingerprint density at radius 2 is 2.12 bits per heavy atom. The van der Waals surface area contributed by atoms with Gasteiger partial charge in [-0.3, -0.25) is 4.57 Å². The van der Waals surface area contributed by atoms with Gasteiger partial charge in [-0.25, -0.2) is 9.18 Å². The monoisotopic (exact) mass is 236 g/mol. The second-order valence-electron chi connectivity index (χ2n) is 3.19. The molecule has 0 aliphatic heterocycles. The Morgan fingerprint density at radius 1 is 1.41 bits per heavy atom. The lowest BCUT2D eigenvalue weighted by molar-refractivity contribution is 0.0681. The molecule has 0 radical (unpaired) electrons. The molecule has 0 atom stereocenters. The van der Waals surface area contributed by atoms with Gasteiger partial charge in [0.25, 0.3) is 0 Å². The number of nitrogens with zero attached hydrogens (tertiary/aromatic N) is 3. The van der Waals surface area contributed by atoms with Gasteiger partial charge in [-0.15, -0.1) is 10.2 Å². The van der Waals surface area contributed by atoms with Crippen molar-refractivity contribution in [3.8, 4) is 5.69 Å². The van der Waals surface area contributed by atoms with Crippen molar-refractivity contribution in [3.05, 3.63) is 35.9 Å². The van der Waals surface area contributed by atoms with E-state index in [1.807, 2.05) is 0 Å². The van der Waals surface area contributed by atoms with Gasteiger partial charge in [0.15, 0.2) is 0 Å². The first-order valence-electron chi connectivity index (χ1n) is 4.76. The largest absolute Gasteiger partial charge is 0.475 e. The summed E-state index contributed by atoms with van der Waals surface area (Å²) in [7, 11) is 1.55. The molecule has 2 N–H and O–H groups in total. The summed E-state index contributed by atoms with van der Waals surface area (Å²) < 4.78 is 14.7. The van der Waals surface area contributed by atoms with Crippen LogP contribution in [0.5, 0.6) is 0 Å². The number of carbonyl (C=O) groups is 1. The second kappa shape index (κ2) is 4.20. The van der Waals surface area contributed by atoms with E-state index >= 15 is 0 Å². The summed E-state index contributed by atoms with van der Waals surface area (Å²) in [5, 5.41) is 18.7. The average Bonchev–Trinajstić information content (AvgIpc) is 2.73. The Kier molecular flexibility index (Phi) is 2.73. The Labute approximate surface area is 95.7 Å². The minimum Gasteiger partial charge on any atom is -0.475 e. The fourth-order valence-corrected chi connectivity index (χ4v) is 1.45. The molecule has 1 aromatic carbocycles. The zero-order chi connectivity index (χ0) is 12.4. The van der Waals surface area contributed by atoms with Crippen LogP contribution in [0.1, 0.15) is 10.6 Å². The van der Waals surface area contributed by atoms with Crippen LogP contribution in [0.3, 0.4) is 0 Å². The molecule has 0 amide bonds. The number of hydrogen-bond acceptors (Lipinski definition) is 4. The first kappa shape index (κ1) is 11.1. The number of carboxylic acid groups (broad SMARTS) is 1. The maximum atomic E-state index is 13.6. The van der Waals surface area contributed by atoms with Crippen molar-refractivity contribution in [1.29, 1.82) is 0 Å². The normalized spacial score (nSPS) is 10.2. The van der Waals surface area contributed by atoms with Crippen LogP contribution in [0.4, 0.5) is 10.3 Å². The number of aromatic nitrogens is 3. The van der Waals surface area contributed by atoms with Crippen molar-refractivity contribution >= 4 is 11.9 Å². The summed E-state index contributed by atoms with van der Waals surface area (Å²) in [6.45, 7) is 0. The van der Waals surface area contributed by atoms with E-state index in [1.54, 1.807) is 13.1 Å². The Bertz CT molecular complexity index is 567. The minimum absolute atomic E-state index is 0.0826. The van der Waals surface area contributed by atoms with Crippen LogP contribution in [-0.2, 0) is 0 Å². The number of benzene rings is 1. The molecule has 6 nitrogen and oxygen atoms in total. The molecule has 17 heavy (non-hydrogen) atoms. The van der Waals surface area contributed by atoms with Crippen LogP contribution in [0.15, 0.2) is 24.3 Å². The van der Waals surface area contributed by atoms with Crippen LogP contribution in [0.2, 0.25) is 0 Å². The number of carboxylic acids is 1. The van der Waals surface area contributed by atoms with Crippen molar-refractivity contribution in [2.45, 2.75) is 0 Å². The molecule has 0 fully saturated rings. The van der Waals surface area contributed by atoms with Gasteiger partial charge in [-0.2, -0.15) is 0 Å².